The summed E-state index contributed by atoms with van der Waals surface area (Å²) in [6.45, 7) is 0.575. The summed E-state index contributed by atoms with van der Waals surface area (Å²) in [6.07, 6.45) is 0. The van der Waals surface area contributed by atoms with Crippen molar-refractivity contribution in [1.29, 1.82) is 0 Å². The monoisotopic (exact) mass is 261 g/mol. The molecule has 19 heavy (non-hydrogen) atoms. The molecular weight excluding hydrogens is 245 g/mol. The molecule has 0 heterocycles. The van der Waals surface area contributed by atoms with Gasteiger partial charge in [-0.05, 0) is 18.2 Å². The lowest BCUT2D eigenvalue weighted by Crippen LogP contribution is -2.03. The molecule has 0 spiro atoms. The Hall–Kier alpha value is -2.23. The van der Waals surface area contributed by atoms with Crippen molar-refractivity contribution >= 4 is 5.69 Å². The Balaban J connectivity index is 2.14. The van der Waals surface area contributed by atoms with Crippen LogP contribution in [-0.2, 0) is 6.54 Å². The maximum absolute atomic E-state index is 13.1. The van der Waals surface area contributed by atoms with Gasteiger partial charge in [0.2, 0.25) is 0 Å². The molecule has 4 heteroatoms. The second-order valence-electron chi connectivity index (χ2n) is 4.01. The van der Waals surface area contributed by atoms with Crippen LogP contribution in [0.15, 0.2) is 42.5 Å². The molecule has 0 aliphatic rings. The molecule has 1 N–H and O–H groups in total. The summed E-state index contributed by atoms with van der Waals surface area (Å²) >= 11 is 0. The molecule has 0 fully saturated rings. The van der Waals surface area contributed by atoms with Crippen LogP contribution >= 0.6 is 0 Å². The molecule has 0 radical (unpaired) electrons. The third-order valence-electron chi connectivity index (χ3n) is 2.83. The fourth-order valence-electron chi connectivity index (χ4n) is 1.85. The van der Waals surface area contributed by atoms with E-state index in [4.69, 9.17) is 9.47 Å². The highest BCUT2D eigenvalue weighted by Gasteiger charge is 2.06. The van der Waals surface area contributed by atoms with E-state index >= 15 is 0 Å². The number of hydrogen-bond acceptors (Lipinski definition) is 3. The van der Waals surface area contributed by atoms with Gasteiger partial charge in [-0.25, -0.2) is 4.39 Å². The number of benzene rings is 2. The highest BCUT2D eigenvalue weighted by atomic mass is 19.1. The van der Waals surface area contributed by atoms with Gasteiger partial charge in [0.05, 0.1) is 19.9 Å². The Kier molecular flexibility index (Phi) is 4.23. The molecule has 0 aliphatic carbocycles. The predicted molar refractivity (Wildman–Crippen MR) is 73.3 cm³/mol. The molecule has 0 bridgehead atoms. The van der Waals surface area contributed by atoms with E-state index in [2.05, 4.69) is 5.32 Å². The Morgan fingerprint density at radius 3 is 2.47 bits per heavy atom. The average Bonchev–Trinajstić information content (AvgIpc) is 2.46. The van der Waals surface area contributed by atoms with Gasteiger partial charge in [-0.3, -0.25) is 0 Å². The molecule has 0 atom stereocenters. The summed E-state index contributed by atoms with van der Waals surface area (Å²) in [5, 5.41) is 3.21. The van der Waals surface area contributed by atoms with E-state index in [-0.39, 0.29) is 5.82 Å². The van der Waals surface area contributed by atoms with Crippen molar-refractivity contribution in [3.05, 3.63) is 53.8 Å². The maximum Gasteiger partial charge on any atom is 0.144 e. The minimum atomic E-state index is -0.320. The molecule has 2 rings (SSSR count). The van der Waals surface area contributed by atoms with Gasteiger partial charge in [-0.15, -0.1) is 0 Å². The standard InChI is InChI=1S/C15H16FNO2/c1-18-14-6-4-3-5-11(14)10-17-13-8-7-12(16)9-15(13)19-2/h3-9,17H,10H2,1-2H3. The lowest BCUT2D eigenvalue weighted by Gasteiger charge is -2.13. The molecule has 0 saturated heterocycles. The second kappa shape index (κ2) is 6.09. The zero-order chi connectivity index (χ0) is 13.7. The number of ether oxygens (including phenoxy) is 2. The topological polar surface area (TPSA) is 30.5 Å². The number of hydrogen-bond donors (Lipinski definition) is 1. The predicted octanol–water partition coefficient (Wildman–Crippen LogP) is 3.46. The fourth-order valence-corrected chi connectivity index (χ4v) is 1.85. The smallest absolute Gasteiger partial charge is 0.144 e. The van der Waals surface area contributed by atoms with Gasteiger partial charge < -0.3 is 14.8 Å². The third-order valence-corrected chi connectivity index (χ3v) is 2.83. The molecule has 0 amide bonds. The number of rotatable bonds is 5. The number of halogens is 1. The van der Waals surface area contributed by atoms with E-state index in [1.807, 2.05) is 24.3 Å². The molecule has 0 saturated carbocycles. The van der Waals surface area contributed by atoms with Gasteiger partial charge in [0.15, 0.2) is 0 Å². The van der Waals surface area contributed by atoms with Crippen molar-refractivity contribution in [2.45, 2.75) is 6.54 Å². The molecule has 2 aromatic rings. The van der Waals surface area contributed by atoms with Crippen LogP contribution in [0.2, 0.25) is 0 Å². The van der Waals surface area contributed by atoms with Gasteiger partial charge in [-0.2, -0.15) is 0 Å². The van der Waals surface area contributed by atoms with Crippen molar-refractivity contribution in [2.24, 2.45) is 0 Å². The van der Waals surface area contributed by atoms with Crippen molar-refractivity contribution in [3.8, 4) is 11.5 Å². The summed E-state index contributed by atoms with van der Waals surface area (Å²) in [4.78, 5) is 0. The first-order valence-electron chi connectivity index (χ1n) is 5.94. The first kappa shape index (κ1) is 13.2. The molecule has 0 unspecified atom stereocenters. The van der Waals surface area contributed by atoms with Crippen LogP contribution in [0.25, 0.3) is 0 Å². The lowest BCUT2D eigenvalue weighted by atomic mass is 10.2. The van der Waals surface area contributed by atoms with Gasteiger partial charge in [0.1, 0.15) is 17.3 Å². The zero-order valence-corrected chi connectivity index (χ0v) is 10.9. The summed E-state index contributed by atoms with van der Waals surface area (Å²) in [5.74, 6) is 0.977. The van der Waals surface area contributed by atoms with Gasteiger partial charge in [0, 0.05) is 18.2 Å². The van der Waals surface area contributed by atoms with E-state index in [0.717, 1.165) is 17.0 Å². The van der Waals surface area contributed by atoms with Crippen molar-refractivity contribution < 1.29 is 13.9 Å². The number of methoxy groups -OCH3 is 2. The van der Waals surface area contributed by atoms with Crippen molar-refractivity contribution in [1.82, 2.24) is 0 Å². The van der Waals surface area contributed by atoms with Crippen molar-refractivity contribution in [2.75, 3.05) is 19.5 Å². The number of nitrogens with one attached hydrogen (secondary N) is 1. The molecule has 3 nitrogen and oxygen atoms in total. The number of para-hydroxylation sites is 1. The first-order chi connectivity index (χ1) is 9.24. The SMILES string of the molecule is COc1ccccc1CNc1ccc(F)cc1OC. The first-order valence-corrected chi connectivity index (χ1v) is 5.94. The number of anilines is 1. The van der Waals surface area contributed by atoms with Crippen LogP contribution < -0.4 is 14.8 Å². The van der Waals surface area contributed by atoms with Crippen LogP contribution in [0.5, 0.6) is 11.5 Å². The van der Waals surface area contributed by atoms with Crippen LogP contribution in [0.1, 0.15) is 5.56 Å². The van der Waals surface area contributed by atoms with Gasteiger partial charge >= 0.3 is 0 Å². The highest BCUT2D eigenvalue weighted by molar-refractivity contribution is 5.57. The van der Waals surface area contributed by atoms with Crippen LogP contribution in [0.4, 0.5) is 10.1 Å². The van der Waals surface area contributed by atoms with Gasteiger partial charge in [0.25, 0.3) is 0 Å². The summed E-state index contributed by atoms with van der Waals surface area (Å²) in [6, 6.07) is 12.1. The van der Waals surface area contributed by atoms with Crippen molar-refractivity contribution in [3.63, 3.8) is 0 Å². The van der Waals surface area contributed by atoms with E-state index in [1.165, 1.54) is 19.2 Å². The van der Waals surface area contributed by atoms with E-state index in [1.54, 1.807) is 13.2 Å². The maximum atomic E-state index is 13.1. The summed E-state index contributed by atoms with van der Waals surface area (Å²) < 4.78 is 23.5. The Morgan fingerprint density at radius 2 is 1.74 bits per heavy atom. The zero-order valence-electron chi connectivity index (χ0n) is 10.9. The summed E-state index contributed by atoms with van der Waals surface area (Å²) in [5.41, 5.74) is 1.77. The van der Waals surface area contributed by atoms with E-state index in [0.29, 0.717) is 12.3 Å². The Morgan fingerprint density at radius 1 is 1.00 bits per heavy atom. The quantitative estimate of drug-likeness (QED) is 0.894. The summed E-state index contributed by atoms with van der Waals surface area (Å²) in [7, 11) is 3.15. The molecule has 100 valence electrons. The minimum Gasteiger partial charge on any atom is -0.496 e. The van der Waals surface area contributed by atoms with Crippen LogP contribution in [-0.4, -0.2) is 14.2 Å². The second-order valence-corrected chi connectivity index (χ2v) is 4.01. The molecular formula is C15H16FNO2. The van der Waals surface area contributed by atoms with Gasteiger partial charge in [-0.1, -0.05) is 18.2 Å². The lowest BCUT2D eigenvalue weighted by molar-refractivity contribution is 0.409. The molecule has 2 aromatic carbocycles. The Bertz CT molecular complexity index is 558. The largest absolute Gasteiger partial charge is 0.496 e. The van der Waals surface area contributed by atoms with E-state index in [9.17, 15) is 4.39 Å². The van der Waals surface area contributed by atoms with E-state index < -0.39 is 0 Å². The molecule has 0 aromatic heterocycles. The van der Waals surface area contributed by atoms with Crippen LogP contribution in [0, 0.1) is 5.82 Å². The average molecular weight is 261 g/mol. The highest BCUT2D eigenvalue weighted by Crippen LogP contribution is 2.26. The minimum absolute atomic E-state index is 0.320. The Labute approximate surface area is 112 Å². The van der Waals surface area contributed by atoms with Crippen LogP contribution in [0.3, 0.4) is 0 Å². The normalized spacial score (nSPS) is 10.1. The third kappa shape index (κ3) is 3.16. The molecule has 0 aliphatic heterocycles. The fraction of sp³-hybridized carbons (Fsp3) is 0.200.